The second kappa shape index (κ2) is 6.40. The summed E-state index contributed by atoms with van der Waals surface area (Å²) in [5.41, 5.74) is 9.12. The minimum atomic E-state index is -0.318. The van der Waals surface area contributed by atoms with Gasteiger partial charge < -0.3 is 15.8 Å². The van der Waals surface area contributed by atoms with Gasteiger partial charge in [0.15, 0.2) is 0 Å². The lowest BCUT2D eigenvalue weighted by molar-refractivity contribution is -0.138. The number of carbonyl (C=O) groups excluding carboxylic acids is 1. The van der Waals surface area contributed by atoms with Gasteiger partial charge in [-0.15, -0.1) is 0 Å². The molecule has 1 heterocycles. The highest BCUT2D eigenvalue weighted by molar-refractivity contribution is 5.56. The molecule has 0 amide bonds. The molecule has 0 aliphatic carbocycles. The quantitative estimate of drug-likeness (QED) is 0.789. The molecule has 0 spiro atoms. The fourth-order valence-corrected chi connectivity index (χ4v) is 1.63. The molecule has 2 rings (SSSR count). The van der Waals surface area contributed by atoms with E-state index in [1.54, 1.807) is 0 Å². The molecule has 4 nitrogen and oxygen atoms in total. The predicted molar refractivity (Wildman–Crippen MR) is 73.4 cm³/mol. The molecule has 0 atom stereocenters. The summed E-state index contributed by atoms with van der Waals surface area (Å²) >= 11 is 0. The lowest BCUT2D eigenvalue weighted by atomic mass is 10.1. The van der Waals surface area contributed by atoms with Gasteiger partial charge in [0.05, 0.1) is 0 Å². The number of hydrogen-bond donors (Lipinski definition) is 2. The van der Waals surface area contributed by atoms with E-state index in [0.29, 0.717) is 13.0 Å². The van der Waals surface area contributed by atoms with Crippen molar-refractivity contribution in [1.82, 2.24) is 0 Å². The van der Waals surface area contributed by atoms with Crippen molar-refractivity contribution in [2.24, 2.45) is 5.73 Å². The number of nitrogens with one attached hydrogen (secondary N) is 1. The predicted octanol–water partition coefficient (Wildman–Crippen LogP) is 2.07. The van der Waals surface area contributed by atoms with Crippen LogP contribution in [0.2, 0.25) is 0 Å². The van der Waals surface area contributed by atoms with Crippen LogP contribution in [0.25, 0.3) is 0 Å². The number of fused-ring (bicyclic) bond motifs is 1. The molecular weight excluding hydrogens is 228 g/mol. The molecule has 1 aromatic carbocycles. The Morgan fingerprint density at radius 3 is 2.67 bits per heavy atom. The van der Waals surface area contributed by atoms with Gasteiger partial charge in [0.2, 0.25) is 0 Å². The highest BCUT2D eigenvalue weighted by atomic mass is 16.5. The molecule has 1 aliphatic heterocycles. The van der Waals surface area contributed by atoms with Crippen molar-refractivity contribution in [2.45, 2.75) is 39.3 Å². The summed E-state index contributed by atoms with van der Waals surface area (Å²) < 4.78 is 4.55. The standard InChI is InChI=1S/C9H12N2.C5H10O2/c10-6-7-1-2-9-8(5-7)3-4-11-9;1-5(2,3)7-4-6/h1-2,5,11H,3-4,6,10H2;4H,1-3H3. The van der Waals surface area contributed by atoms with Crippen molar-refractivity contribution in [3.05, 3.63) is 29.3 Å². The molecule has 0 bridgehead atoms. The summed E-state index contributed by atoms with van der Waals surface area (Å²) in [5.74, 6) is 0. The van der Waals surface area contributed by atoms with Crippen LogP contribution in [0.5, 0.6) is 0 Å². The number of nitrogens with two attached hydrogens (primary N) is 1. The number of rotatable bonds is 2. The Kier molecular flexibility index (Phi) is 5.16. The number of ether oxygens (including phenoxy) is 1. The molecule has 18 heavy (non-hydrogen) atoms. The monoisotopic (exact) mass is 250 g/mol. The maximum Gasteiger partial charge on any atom is 0.293 e. The van der Waals surface area contributed by atoms with Crippen LogP contribution in [0.15, 0.2) is 18.2 Å². The van der Waals surface area contributed by atoms with E-state index >= 15 is 0 Å². The van der Waals surface area contributed by atoms with Crippen LogP contribution in [0.3, 0.4) is 0 Å². The first-order valence-electron chi connectivity index (χ1n) is 6.13. The number of hydrogen-bond acceptors (Lipinski definition) is 4. The van der Waals surface area contributed by atoms with E-state index in [-0.39, 0.29) is 5.60 Å². The second-order valence-electron chi connectivity index (χ2n) is 5.20. The molecule has 3 N–H and O–H groups in total. The minimum Gasteiger partial charge on any atom is -0.462 e. The molecule has 0 radical (unpaired) electrons. The van der Waals surface area contributed by atoms with E-state index in [0.717, 1.165) is 13.0 Å². The topological polar surface area (TPSA) is 64.3 Å². The van der Waals surface area contributed by atoms with Crippen molar-refractivity contribution in [1.29, 1.82) is 0 Å². The molecule has 0 saturated heterocycles. The Morgan fingerprint density at radius 1 is 1.44 bits per heavy atom. The van der Waals surface area contributed by atoms with Gasteiger partial charge in [-0.05, 0) is 44.4 Å². The van der Waals surface area contributed by atoms with E-state index in [2.05, 4.69) is 28.3 Å². The lowest BCUT2D eigenvalue weighted by Gasteiger charge is -2.14. The van der Waals surface area contributed by atoms with Gasteiger partial charge in [-0.3, -0.25) is 4.79 Å². The highest BCUT2D eigenvalue weighted by Gasteiger charge is 2.08. The maximum absolute atomic E-state index is 9.60. The maximum atomic E-state index is 9.60. The molecule has 100 valence electrons. The van der Waals surface area contributed by atoms with Crippen molar-refractivity contribution >= 4 is 12.2 Å². The number of benzene rings is 1. The Bertz CT molecular complexity index is 397. The van der Waals surface area contributed by atoms with Gasteiger partial charge in [-0.2, -0.15) is 0 Å². The summed E-state index contributed by atoms with van der Waals surface area (Å²) in [7, 11) is 0. The highest BCUT2D eigenvalue weighted by Crippen LogP contribution is 2.22. The number of carbonyl (C=O) groups is 1. The molecule has 4 heteroatoms. The van der Waals surface area contributed by atoms with Crippen LogP contribution in [0, 0.1) is 0 Å². The van der Waals surface area contributed by atoms with Crippen LogP contribution in [-0.2, 0) is 22.5 Å². The summed E-state index contributed by atoms with van der Waals surface area (Å²) in [6.45, 7) is 7.64. The minimum absolute atomic E-state index is 0.318. The van der Waals surface area contributed by atoms with E-state index in [9.17, 15) is 4.79 Å². The zero-order valence-corrected chi connectivity index (χ0v) is 11.3. The van der Waals surface area contributed by atoms with Crippen molar-refractivity contribution < 1.29 is 9.53 Å². The normalized spacial score (nSPS) is 12.9. The van der Waals surface area contributed by atoms with Crippen molar-refractivity contribution in [2.75, 3.05) is 11.9 Å². The van der Waals surface area contributed by atoms with Crippen molar-refractivity contribution in [3.8, 4) is 0 Å². The third-order valence-electron chi connectivity index (χ3n) is 2.52. The van der Waals surface area contributed by atoms with Gasteiger partial charge in [-0.1, -0.05) is 12.1 Å². The average molecular weight is 250 g/mol. The van der Waals surface area contributed by atoms with Gasteiger partial charge in [0.25, 0.3) is 6.47 Å². The SMILES string of the molecule is CC(C)(C)OC=O.NCc1ccc2c(c1)CCN2. The lowest BCUT2D eigenvalue weighted by Crippen LogP contribution is -2.17. The van der Waals surface area contributed by atoms with Gasteiger partial charge in [0, 0.05) is 18.8 Å². The summed E-state index contributed by atoms with van der Waals surface area (Å²) in [5, 5.41) is 3.31. The first-order chi connectivity index (χ1) is 8.46. The Balaban J connectivity index is 0.000000203. The van der Waals surface area contributed by atoms with E-state index < -0.39 is 0 Å². The summed E-state index contributed by atoms with van der Waals surface area (Å²) in [6, 6.07) is 6.39. The summed E-state index contributed by atoms with van der Waals surface area (Å²) in [4.78, 5) is 9.60. The first kappa shape index (κ1) is 14.5. The average Bonchev–Trinajstić information content (AvgIpc) is 2.74. The zero-order valence-electron chi connectivity index (χ0n) is 11.3. The largest absolute Gasteiger partial charge is 0.462 e. The van der Waals surface area contributed by atoms with E-state index in [1.165, 1.54) is 16.8 Å². The molecular formula is C14H22N2O2. The fourth-order valence-electron chi connectivity index (χ4n) is 1.63. The zero-order chi connectivity index (χ0) is 13.6. The Labute approximate surface area is 109 Å². The third kappa shape index (κ3) is 4.75. The van der Waals surface area contributed by atoms with Gasteiger partial charge >= 0.3 is 0 Å². The van der Waals surface area contributed by atoms with E-state index in [1.807, 2.05) is 20.8 Å². The van der Waals surface area contributed by atoms with Crippen LogP contribution in [0.1, 0.15) is 31.9 Å². The second-order valence-corrected chi connectivity index (χ2v) is 5.20. The number of anilines is 1. The molecule has 0 fully saturated rings. The summed E-state index contributed by atoms with van der Waals surface area (Å²) in [6.07, 6.45) is 1.14. The van der Waals surface area contributed by atoms with Crippen LogP contribution in [-0.4, -0.2) is 18.6 Å². The van der Waals surface area contributed by atoms with E-state index in [4.69, 9.17) is 5.73 Å². The Hall–Kier alpha value is -1.55. The molecule has 0 saturated carbocycles. The smallest absolute Gasteiger partial charge is 0.293 e. The van der Waals surface area contributed by atoms with Crippen LogP contribution >= 0.6 is 0 Å². The van der Waals surface area contributed by atoms with Gasteiger partial charge in [-0.25, -0.2) is 0 Å². The molecule has 1 aromatic rings. The molecule has 0 aromatic heterocycles. The van der Waals surface area contributed by atoms with Crippen LogP contribution < -0.4 is 11.1 Å². The van der Waals surface area contributed by atoms with Gasteiger partial charge in [0.1, 0.15) is 5.60 Å². The fraction of sp³-hybridized carbons (Fsp3) is 0.500. The molecule has 0 unspecified atom stereocenters. The Morgan fingerprint density at radius 2 is 2.17 bits per heavy atom. The van der Waals surface area contributed by atoms with Crippen LogP contribution in [0.4, 0.5) is 5.69 Å². The third-order valence-corrected chi connectivity index (χ3v) is 2.52. The van der Waals surface area contributed by atoms with Crippen molar-refractivity contribution in [3.63, 3.8) is 0 Å². The molecule has 1 aliphatic rings. The first-order valence-corrected chi connectivity index (χ1v) is 6.13.